The lowest BCUT2D eigenvalue weighted by atomic mass is 9.93. The molecule has 0 amide bonds. The van der Waals surface area contributed by atoms with Crippen LogP contribution >= 0.6 is 11.3 Å². The Kier molecular flexibility index (Phi) is 5.03. The van der Waals surface area contributed by atoms with Gasteiger partial charge in [0.1, 0.15) is 0 Å². The fourth-order valence-corrected chi connectivity index (χ4v) is 3.43. The first-order valence-corrected chi connectivity index (χ1v) is 8.35. The molecule has 0 aliphatic carbocycles. The van der Waals surface area contributed by atoms with E-state index in [0.29, 0.717) is 0 Å². The van der Waals surface area contributed by atoms with Crippen molar-refractivity contribution in [3.8, 4) is 0 Å². The summed E-state index contributed by atoms with van der Waals surface area (Å²) >= 11 is 1.63. The Morgan fingerprint density at radius 1 is 1.14 bits per heavy atom. The third-order valence-electron chi connectivity index (χ3n) is 3.74. The molecule has 0 radical (unpaired) electrons. The number of thiophene rings is 1. The number of nitrogens with zero attached hydrogens (tertiary/aromatic N) is 1. The van der Waals surface area contributed by atoms with Crippen LogP contribution in [-0.4, -0.2) is 37.0 Å². The van der Waals surface area contributed by atoms with Crippen LogP contribution < -0.4 is 0 Å². The molecule has 2 aromatic rings. The maximum atomic E-state index is 12.7. The van der Waals surface area contributed by atoms with Gasteiger partial charge in [-0.2, -0.15) is 0 Å². The molecular formula is C18H19NO2S. The molecule has 1 aromatic carbocycles. The van der Waals surface area contributed by atoms with Gasteiger partial charge in [-0.25, -0.2) is 0 Å². The zero-order chi connectivity index (χ0) is 15.2. The highest BCUT2D eigenvalue weighted by Gasteiger charge is 2.21. The maximum Gasteiger partial charge on any atom is 0.169 e. The van der Waals surface area contributed by atoms with E-state index in [0.717, 1.165) is 36.7 Å². The number of carbonyl (C=O) groups excluding carboxylic acids is 1. The molecule has 1 aromatic heterocycles. The van der Waals surface area contributed by atoms with Crippen LogP contribution in [0, 0.1) is 0 Å². The third kappa shape index (κ3) is 3.64. The highest BCUT2D eigenvalue weighted by molar-refractivity contribution is 7.10. The van der Waals surface area contributed by atoms with Crippen molar-refractivity contribution >= 4 is 17.1 Å². The molecule has 1 unspecified atom stereocenters. The van der Waals surface area contributed by atoms with E-state index in [1.165, 1.54) is 0 Å². The third-order valence-corrected chi connectivity index (χ3v) is 4.68. The zero-order valence-electron chi connectivity index (χ0n) is 12.4. The monoisotopic (exact) mass is 313 g/mol. The number of ether oxygens (including phenoxy) is 1. The van der Waals surface area contributed by atoms with Crippen LogP contribution in [0.1, 0.15) is 16.4 Å². The molecule has 114 valence electrons. The lowest BCUT2D eigenvalue weighted by Crippen LogP contribution is -2.32. The van der Waals surface area contributed by atoms with Crippen LogP contribution in [0.3, 0.4) is 0 Å². The summed E-state index contributed by atoms with van der Waals surface area (Å²) < 4.78 is 5.32. The second-order valence-electron chi connectivity index (χ2n) is 5.23. The molecule has 4 heteroatoms. The molecule has 3 nitrogen and oxygen atoms in total. The van der Waals surface area contributed by atoms with E-state index in [4.69, 9.17) is 4.74 Å². The Hall–Kier alpha value is -1.91. The van der Waals surface area contributed by atoms with Gasteiger partial charge in [-0.3, -0.25) is 4.79 Å². The van der Waals surface area contributed by atoms with E-state index in [2.05, 4.69) is 4.90 Å². The molecule has 1 aliphatic heterocycles. The van der Waals surface area contributed by atoms with Gasteiger partial charge in [-0.05, 0) is 23.1 Å². The van der Waals surface area contributed by atoms with Gasteiger partial charge < -0.3 is 9.64 Å². The predicted octanol–water partition coefficient (Wildman–Crippen LogP) is 3.30. The van der Waals surface area contributed by atoms with Crippen molar-refractivity contribution in [3.63, 3.8) is 0 Å². The first-order valence-electron chi connectivity index (χ1n) is 7.47. The Morgan fingerprint density at radius 3 is 2.59 bits per heavy atom. The highest BCUT2D eigenvalue weighted by Crippen LogP contribution is 2.29. The van der Waals surface area contributed by atoms with Crippen molar-refractivity contribution in [2.45, 2.75) is 5.92 Å². The predicted molar refractivity (Wildman–Crippen MR) is 89.1 cm³/mol. The number of rotatable bonds is 5. The summed E-state index contributed by atoms with van der Waals surface area (Å²) in [6.07, 6.45) is 3.62. The lowest BCUT2D eigenvalue weighted by Gasteiger charge is -2.25. The van der Waals surface area contributed by atoms with E-state index < -0.39 is 0 Å². The second kappa shape index (κ2) is 7.38. The van der Waals surface area contributed by atoms with Crippen LogP contribution in [0.4, 0.5) is 0 Å². The standard InChI is InChI=1S/C18H19NO2S/c20-16(8-9-19-10-12-21-13-11-19)18(17-7-4-14-22-17)15-5-2-1-3-6-15/h1-9,14,18H,10-13H2/b9-8+. The van der Waals surface area contributed by atoms with Gasteiger partial charge in [0.15, 0.2) is 5.78 Å². The lowest BCUT2D eigenvalue weighted by molar-refractivity contribution is -0.115. The van der Waals surface area contributed by atoms with Crippen molar-refractivity contribution in [1.82, 2.24) is 4.90 Å². The molecule has 0 spiro atoms. The number of carbonyl (C=O) groups is 1. The Balaban J connectivity index is 1.80. The summed E-state index contributed by atoms with van der Waals surface area (Å²) in [6, 6.07) is 14.0. The molecule has 0 saturated carbocycles. The van der Waals surface area contributed by atoms with Crippen LogP contribution in [0.25, 0.3) is 0 Å². The summed E-state index contributed by atoms with van der Waals surface area (Å²) in [5, 5.41) is 2.02. The number of benzene rings is 1. The average Bonchev–Trinajstić information content (AvgIpc) is 3.09. The largest absolute Gasteiger partial charge is 0.378 e. The average molecular weight is 313 g/mol. The highest BCUT2D eigenvalue weighted by atomic mass is 32.1. The minimum Gasteiger partial charge on any atom is -0.378 e. The minimum atomic E-state index is -0.210. The van der Waals surface area contributed by atoms with Crippen molar-refractivity contribution in [3.05, 3.63) is 70.6 Å². The first-order chi connectivity index (χ1) is 10.8. The Labute approximate surface area is 134 Å². The van der Waals surface area contributed by atoms with E-state index in [9.17, 15) is 4.79 Å². The number of ketones is 1. The summed E-state index contributed by atoms with van der Waals surface area (Å²) in [6.45, 7) is 3.15. The van der Waals surface area contributed by atoms with Gasteiger partial charge in [0.05, 0.1) is 19.1 Å². The van der Waals surface area contributed by atoms with Gasteiger partial charge in [-0.1, -0.05) is 36.4 Å². The molecule has 2 heterocycles. The first kappa shape index (κ1) is 15.0. The van der Waals surface area contributed by atoms with Crippen LogP contribution in [0.15, 0.2) is 60.1 Å². The summed E-state index contributed by atoms with van der Waals surface area (Å²) in [5.41, 5.74) is 1.04. The Bertz CT molecular complexity index is 616. The quantitative estimate of drug-likeness (QED) is 0.793. The van der Waals surface area contributed by atoms with E-state index in [1.54, 1.807) is 17.4 Å². The molecule has 0 N–H and O–H groups in total. The van der Waals surface area contributed by atoms with Crippen LogP contribution in [0.5, 0.6) is 0 Å². The number of morpholine rings is 1. The number of hydrogen-bond acceptors (Lipinski definition) is 4. The molecule has 1 aliphatic rings. The molecule has 1 atom stereocenters. The topological polar surface area (TPSA) is 29.5 Å². The summed E-state index contributed by atoms with van der Waals surface area (Å²) in [5.74, 6) is -0.0846. The Morgan fingerprint density at radius 2 is 1.91 bits per heavy atom. The van der Waals surface area contributed by atoms with Crippen LogP contribution in [-0.2, 0) is 9.53 Å². The SMILES string of the molecule is O=C(/C=C/N1CCOCC1)C(c1ccccc1)c1cccs1. The van der Waals surface area contributed by atoms with Gasteiger partial charge >= 0.3 is 0 Å². The zero-order valence-corrected chi connectivity index (χ0v) is 13.2. The van der Waals surface area contributed by atoms with Crippen molar-refractivity contribution in [2.75, 3.05) is 26.3 Å². The summed E-state index contributed by atoms with van der Waals surface area (Å²) in [4.78, 5) is 16.0. The van der Waals surface area contributed by atoms with Crippen molar-refractivity contribution < 1.29 is 9.53 Å². The van der Waals surface area contributed by atoms with Crippen molar-refractivity contribution in [2.24, 2.45) is 0 Å². The molecular weight excluding hydrogens is 294 g/mol. The smallest absolute Gasteiger partial charge is 0.169 e. The van der Waals surface area contributed by atoms with E-state index in [1.807, 2.05) is 54.0 Å². The molecule has 22 heavy (non-hydrogen) atoms. The second-order valence-corrected chi connectivity index (χ2v) is 6.20. The molecule has 1 saturated heterocycles. The number of allylic oxidation sites excluding steroid dienone is 1. The molecule has 0 bridgehead atoms. The fourth-order valence-electron chi connectivity index (χ4n) is 2.57. The van der Waals surface area contributed by atoms with Crippen LogP contribution in [0.2, 0.25) is 0 Å². The van der Waals surface area contributed by atoms with Gasteiger partial charge in [0, 0.05) is 24.2 Å². The van der Waals surface area contributed by atoms with Gasteiger partial charge in [0.2, 0.25) is 0 Å². The maximum absolute atomic E-state index is 12.7. The minimum absolute atomic E-state index is 0.125. The summed E-state index contributed by atoms with van der Waals surface area (Å²) in [7, 11) is 0. The molecule has 3 rings (SSSR count). The number of hydrogen-bond donors (Lipinski definition) is 0. The fraction of sp³-hybridized carbons (Fsp3) is 0.278. The normalized spacial score (nSPS) is 16.8. The van der Waals surface area contributed by atoms with Crippen molar-refractivity contribution in [1.29, 1.82) is 0 Å². The molecule has 1 fully saturated rings. The van der Waals surface area contributed by atoms with E-state index in [-0.39, 0.29) is 11.7 Å². The van der Waals surface area contributed by atoms with Gasteiger partial charge in [0.25, 0.3) is 0 Å². The van der Waals surface area contributed by atoms with Gasteiger partial charge in [-0.15, -0.1) is 11.3 Å². The van der Waals surface area contributed by atoms with E-state index >= 15 is 0 Å².